The fourth-order valence-electron chi connectivity index (χ4n) is 14.9. The smallest absolute Gasteiger partial charge is 0.0161 e. The molecule has 464 valence electrons. The van der Waals surface area contributed by atoms with E-state index in [-0.39, 0.29) is 21.7 Å². The molecule has 0 unspecified atom stereocenters. The van der Waals surface area contributed by atoms with E-state index in [1.165, 1.54) is 150 Å². The average molecular weight is 1210 g/mol. The Balaban J connectivity index is 0.000000112. The largest absolute Gasteiger partial charge is 0.0622 e. The Bertz CT molecular complexity index is 4780. The van der Waals surface area contributed by atoms with Crippen molar-refractivity contribution in [1.29, 1.82) is 0 Å². The zero-order chi connectivity index (χ0) is 65.8. The van der Waals surface area contributed by atoms with E-state index in [1.54, 1.807) is 0 Å². The molecule has 0 fully saturated rings. The summed E-state index contributed by atoms with van der Waals surface area (Å²) in [6.07, 6.45) is 0. The average Bonchev–Trinajstić information content (AvgIpc) is 1.62. The lowest BCUT2D eigenvalue weighted by Gasteiger charge is -2.23. The van der Waals surface area contributed by atoms with Crippen LogP contribution < -0.4 is 0 Å². The Morgan fingerprint density at radius 3 is 1.22 bits per heavy atom. The van der Waals surface area contributed by atoms with E-state index in [0.29, 0.717) is 0 Å². The summed E-state index contributed by atoms with van der Waals surface area (Å²) in [5.41, 5.74) is 33.1. The van der Waals surface area contributed by atoms with Gasteiger partial charge in [0, 0.05) is 21.7 Å². The third-order valence-electron chi connectivity index (χ3n) is 19.9. The highest BCUT2D eigenvalue weighted by Crippen LogP contribution is 2.52. The molecule has 0 radical (unpaired) electrons. The molecule has 0 atom stereocenters. The van der Waals surface area contributed by atoms with E-state index in [2.05, 4.69) is 371 Å². The third kappa shape index (κ3) is 13.1. The van der Waals surface area contributed by atoms with Crippen molar-refractivity contribution < 1.29 is 0 Å². The second-order valence-corrected chi connectivity index (χ2v) is 28.1. The van der Waals surface area contributed by atoms with E-state index in [4.69, 9.17) is 0 Å². The molecule has 0 bridgehead atoms. The van der Waals surface area contributed by atoms with Crippen molar-refractivity contribution in [3.05, 3.63) is 369 Å². The molecule has 0 aromatic heterocycles. The molecule has 0 N–H and O–H groups in total. The summed E-state index contributed by atoms with van der Waals surface area (Å²) in [7, 11) is 0. The van der Waals surface area contributed by atoms with E-state index < -0.39 is 0 Å². The lowest BCUT2D eigenvalue weighted by molar-refractivity contribution is 0.655. The minimum atomic E-state index is 0.150. The van der Waals surface area contributed by atoms with E-state index in [0.717, 1.165) is 0 Å². The van der Waals surface area contributed by atoms with Gasteiger partial charge in [-0.25, -0.2) is 0 Å². The minimum absolute atomic E-state index is 0.150. The molecule has 0 aliphatic heterocycles. The van der Waals surface area contributed by atoms with Crippen LogP contribution in [0.25, 0.3) is 66.1 Å². The summed E-state index contributed by atoms with van der Waals surface area (Å²) in [6.45, 7) is 33.6. The molecule has 0 heterocycles. The Morgan fingerprint density at radius 2 is 0.581 bits per heavy atom. The number of rotatable bonds is 0. The maximum atomic E-state index is 2.33. The topological polar surface area (TPSA) is 0 Å². The van der Waals surface area contributed by atoms with Gasteiger partial charge in [-0.05, 0) is 176 Å². The Kier molecular flexibility index (Phi) is 18.8. The van der Waals surface area contributed by atoms with Gasteiger partial charge in [0.2, 0.25) is 0 Å². The fourth-order valence-corrected chi connectivity index (χ4v) is 14.9. The summed E-state index contributed by atoms with van der Waals surface area (Å²) in [5.74, 6) is 0. The van der Waals surface area contributed by atoms with Crippen LogP contribution in [0.3, 0.4) is 0 Å². The first kappa shape index (κ1) is 64.9. The Labute approximate surface area is 556 Å². The summed E-state index contributed by atoms with van der Waals surface area (Å²) >= 11 is 0. The number of benzene rings is 13. The van der Waals surface area contributed by atoms with Gasteiger partial charge in [0.1, 0.15) is 0 Å². The number of fused-ring (bicyclic) bond motifs is 14. The minimum Gasteiger partial charge on any atom is -0.0622 e. The van der Waals surface area contributed by atoms with Crippen molar-refractivity contribution in [2.24, 2.45) is 0 Å². The first-order valence-corrected chi connectivity index (χ1v) is 33.3. The van der Waals surface area contributed by atoms with E-state index in [9.17, 15) is 0 Å². The lowest BCUT2D eigenvalue weighted by atomic mass is 9.80. The predicted octanol–water partition coefficient (Wildman–Crippen LogP) is 25.5. The Hall–Kier alpha value is -9.62. The summed E-state index contributed by atoms with van der Waals surface area (Å²) in [6, 6.07) is 102. The van der Waals surface area contributed by atoms with Gasteiger partial charge >= 0.3 is 0 Å². The quantitative estimate of drug-likeness (QED) is 0.142. The van der Waals surface area contributed by atoms with E-state index >= 15 is 0 Å². The Morgan fingerprint density at radius 1 is 0.194 bits per heavy atom. The normalized spacial score (nSPS) is 13.9. The fraction of sp³-hybridized carbons (Fsp3) is 0.204. The van der Waals surface area contributed by atoms with Gasteiger partial charge in [0.25, 0.3) is 0 Å². The van der Waals surface area contributed by atoms with Crippen LogP contribution >= 0.6 is 0 Å². The zero-order valence-electron chi connectivity index (χ0n) is 57.6. The van der Waals surface area contributed by atoms with Gasteiger partial charge in [-0.15, -0.1) is 0 Å². The third-order valence-corrected chi connectivity index (χ3v) is 19.9. The molecule has 4 aliphatic carbocycles. The molecule has 0 nitrogen and oxygen atoms in total. The van der Waals surface area contributed by atoms with Gasteiger partial charge < -0.3 is 0 Å². The molecule has 0 spiro atoms. The standard InChI is InChI=1S/4C16H16.2C11H10.C7H8/c1-11-7-6-9-13-12-8-4-5-10-14(12)16(2,3)15(11)13;1-11-7-6-10-14-15(11)12-8-4-5-9-13(12)16(14,2)3;1-11-8-9-15-13(10-11)12-6-4-5-7-14(12)16(15,2)3;1-11-8-9-13-12-6-4-5-7-14(12)16(2,3)15(13)10-11;1-9-5-4-7-10-6-2-3-8-11(9)10;1-9-6-7-10-4-2-3-5-11(10)8-9;1-7-5-3-2-4-6-7/h4*4-10H,1-3H3;2*2-8H,1H3;2-6H,1H3. The first-order valence-electron chi connectivity index (χ1n) is 33.3. The molecule has 0 heteroatoms. The molecular weight excluding hydrogens is 1120 g/mol. The SMILES string of the molecule is Cc1ccc2c(c1)-c1ccccc1C2(C)C.Cc1ccc2c(c1)C(C)(C)c1ccccc1-2.Cc1ccc2ccccc2c1.Cc1cccc2c1-c1ccccc1C2(C)C.Cc1cccc2c1C(C)(C)c1ccccc1-2.Cc1cccc2ccccc12.Cc1ccccc1. The monoisotopic (exact) mass is 1210 g/mol. The highest BCUT2D eigenvalue weighted by atomic mass is 14.4. The molecule has 0 saturated carbocycles. The molecule has 93 heavy (non-hydrogen) atoms. The molecule has 13 aromatic carbocycles. The van der Waals surface area contributed by atoms with Crippen molar-refractivity contribution in [2.45, 2.75) is 126 Å². The predicted molar refractivity (Wildman–Crippen MR) is 404 cm³/mol. The van der Waals surface area contributed by atoms with Crippen molar-refractivity contribution in [3.8, 4) is 44.5 Å². The first-order chi connectivity index (χ1) is 44.6. The number of hydrogen-bond acceptors (Lipinski definition) is 0. The van der Waals surface area contributed by atoms with Crippen LogP contribution in [0.5, 0.6) is 0 Å². The molecular formula is C93H92. The second-order valence-electron chi connectivity index (χ2n) is 28.1. The van der Waals surface area contributed by atoms with Crippen LogP contribution in [-0.2, 0) is 21.7 Å². The molecule has 0 saturated heterocycles. The van der Waals surface area contributed by atoms with Crippen LogP contribution in [0.15, 0.2) is 285 Å². The molecule has 17 rings (SSSR count). The van der Waals surface area contributed by atoms with Gasteiger partial charge in [-0.3, -0.25) is 0 Å². The highest BCUT2D eigenvalue weighted by Gasteiger charge is 2.38. The molecule has 13 aromatic rings. The second kappa shape index (κ2) is 26.9. The van der Waals surface area contributed by atoms with E-state index in [1.807, 2.05) is 18.2 Å². The van der Waals surface area contributed by atoms with Crippen LogP contribution in [0.4, 0.5) is 0 Å². The van der Waals surface area contributed by atoms with Gasteiger partial charge in [0.15, 0.2) is 0 Å². The molecule has 0 amide bonds. The maximum absolute atomic E-state index is 2.33. The van der Waals surface area contributed by atoms with Gasteiger partial charge in [-0.2, -0.15) is 0 Å². The highest BCUT2D eigenvalue weighted by molar-refractivity contribution is 5.87. The summed E-state index contributed by atoms with van der Waals surface area (Å²) in [5, 5.41) is 5.33. The van der Waals surface area contributed by atoms with Crippen LogP contribution in [0.2, 0.25) is 0 Å². The van der Waals surface area contributed by atoms with Crippen molar-refractivity contribution >= 4 is 21.5 Å². The lowest BCUT2D eigenvalue weighted by Crippen LogP contribution is -2.16. The number of hydrogen-bond donors (Lipinski definition) is 0. The summed E-state index contributed by atoms with van der Waals surface area (Å²) in [4.78, 5) is 0. The van der Waals surface area contributed by atoms with Crippen LogP contribution in [0.1, 0.15) is 139 Å². The van der Waals surface area contributed by atoms with Crippen molar-refractivity contribution in [3.63, 3.8) is 0 Å². The van der Waals surface area contributed by atoms with Crippen LogP contribution in [-0.4, -0.2) is 0 Å². The van der Waals surface area contributed by atoms with Gasteiger partial charge in [-0.1, -0.05) is 363 Å². The van der Waals surface area contributed by atoms with Crippen molar-refractivity contribution in [1.82, 2.24) is 0 Å². The zero-order valence-corrected chi connectivity index (χ0v) is 57.6. The number of aryl methyl sites for hydroxylation is 7. The van der Waals surface area contributed by atoms with Crippen LogP contribution in [0, 0.1) is 48.5 Å². The van der Waals surface area contributed by atoms with Gasteiger partial charge in [0.05, 0.1) is 0 Å². The maximum Gasteiger partial charge on any atom is 0.0161 e. The summed E-state index contributed by atoms with van der Waals surface area (Å²) < 4.78 is 0. The van der Waals surface area contributed by atoms with Crippen molar-refractivity contribution in [2.75, 3.05) is 0 Å². The molecule has 4 aliphatic rings.